The van der Waals surface area contributed by atoms with Crippen molar-refractivity contribution < 1.29 is 55.7 Å². The molecule has 3 fully saturated rings. The molecule has 24 heteroatoms. The molecule has 3 saturated heterocycles. The van der Waals surface area contributed by atoms with Gasteiger partial charge in [0, 0.05) is 43.5 Å². The molecule has 384 valence electrons. The molecule has 0 aliphatic carbocycles. The number of methoxy groups -OCH3 is 1. The molecule has 9 atom stereocenters. The van der Waals surface area contributed by atoms with Gasteiger partial charge in [0.25, 0.3) is 5.56 Å². The van der Waals surface area contributed by atoms with Crippen molar-refractivity contribution in [3.05, 3.63) is 111 Å². The van der Waals surface area contributed by atoms with Crippen LogP contribution < -0.4 is 26.5 Å². The quantitative estimate of drug-likeness (QED) is 0.0319. The third-order valence-electron chi connectivity index (χ3n) is 12.1. The Labute approximate surface area is 418 Å². The number of fused-ring (bicyclic) bond motifs is 5. The van der Waals surface area contributed by atoms with Gasteiger partial charge in [-0.2, -0.15) is 0 Å². The number of hydrogen-bond donors (Lipinski definition) is 2. The maximum absolute atomic E-state index is 15.3. The number of nitrogens with zero attached hydrogens (tertiary/aromatic N) is 4. The van der Waals surface area contributed by atoms with Crippen LogP contribution in [0.1, 0.15) is 100 Å². The minimum atomic E-state index is -4.24. The first kappa shape index (κ1) is 53.0. The van der Waals surface area contributed by atoms with Crippen LogP contribution in [0.5, 0.6) is 11.5 Å². The van der Waals surface area contributed by atoms with Crippen molar-refractivity contribution in [3.63, 3.8) is 0 Å². The molecular weight excluding hydrogens is 999 g/mol. The third kappa shape index (κ3) is 13.5. The highest BCUT2D eigenvalue weighted by Crippen LogP contribution is 2.66. The highest BCUT2D eigenvalue weighted by atomic mass is 32.7. The average molecular weight is 1060 g/mol. The van der Waals surface area contributed by atoms with Gasteiger partial charge in [-0.25, -0.2) is 28.7 Å². The molecule has 2 unspecified atom stereocenters. The third-order valence-corrected chi connectivity index (χ3v) is 19.7. The summed E-state index contributed by atoms with van der Waals surface area (Å²) in [5.41, 5.74) is 6.22. The topological polar surface area (TPSA) is 246 Å². The fourth-order valence-corrected chi connectivity index (χ4v) is 15.2. The summed E-state index contributed by atoms with van der Waals surface area (Å²) in [4.78, 5) is 49.0. The van der Waals surface area contributed by atoms with Crippen molar-refractivity contribution in [2.75, 3.05) is 38.4 Å². The minimum Gasteiger partial charge on any atom is -0.494 e. The number of benzene rings is 2. The van der Waals surface area contributed by atoms with E-state index in [1.165, 1.54) is 58.2 Å². The molecular formula is C47H60N6O14P2S2. The van der Waals surface area contributed by atoms with E-state index in [-0.39, 0.29) is 24.6 Å². The van der Waals surface area contributed by atoms with Gasteiger partial charge < -0.3 is 34.0 Å². The molecule has 0 radical (unpaired) electrons. The summed E-state index contributed by atoms with van der Waals surface area (Å²) in [6, 6.07) is 16.5. The summed E-state index contributed by atoms with van der Waals surface area (Å²) in [6.45, 7) is -4.34. The molecule has 5 aromatic rings. The van der Waals surface area contributed by atoms with Gasteiger partial charge in [-0.3, -0.25) is 32.4 Å². The molecule has 0 amide bonds. The van der Waals surface area contributed by atoms with Gasteiger partial charge in [0.2, 0.25) is 0 Å². The fraction of sp³-hybridized carbons (Fsp3) is 0.511. The summed E-state index contributed by atoms with van der Waals surface area (Å²) >= 11 is 1.84. The van der Waals surface area contributed by atoms with Crippen LogP contribution in [0.4, 0.5) is 5.82 Å². The number of ether oxygens (including phenoxy) is 5. The molecule has 6 heterocycles. The summed E-state index contributed by atoms with van der Waals surface area (Å²) in [5, 5.41) is 0.558. The van der Waals surface area contributed by atoms with Gasteiger partial charge in [0.1, 0.15) is 53.7 Å². The average Bonchev–Trinajstić information content (AvgIpc) is 4.07. The van der Waals surface area contributed by atoms with Crippen LogP contribution in [-0.2, 0) is 47.2 Å². The lowest BCUT2D eigenvalue weighted by atomic mass is 10.1. The van der Waals surface area contributed by atoms with Gasteiger partial charge in [0.05, 0.1) is 36.9 Å². The second-order valence-electron chi connectivity index (χ2n) is 17.2. The number of anilines is 1. The van der Waals surface area contributed by atoms with E-state index >= 15 is 4.57 Å². The zero-order chi connectivity index (χ0) is 50.0. The van der Waals surface area contributed by atoms with Crippen LogP contribution >= 0.6 is 36.4 Å². The predicted octanol–water partition coefficient (Wildman–Crippen LogP) is 9.22. The molecule has 3 aromatic heterocycles. The van der Waals surface area contributed by atoms with E-state index in [4.69, 9.17) is 47.5 Å². The summed E-state index contributed by atoms with van der Waals surface area (Å²) in [5.74, 6) is 1.14. The number of carbonyl (C=O) groups is 1. The van der Waals surface area contributed by atoms with E-state index in [1.807, 2.05) is 0 Å². The van der Waals surface area contributed by atoms with Crippen molar-refractivity contribution in [3.8, 4) is 11.5 Å². The Hall–Kier alpha value is -4.31. The van der Waals surface area contributed by atoms with Crippen LogP contribution in [0.3, 0.4) is 0 Å². The summed E-state index contributed by atoms with van der Waals surface area (Å²) in [6.07, 6.45) is 6.73. The molecule has 3 N–H and O–H groups in total. The lowest BCUT2D eigenvalue weighted by Gasteiger charge is -2.28. The van der Waals surface area contributed by atoms with E-state index in [9.17, 15) is 18.9 Å². The van der Waals surface area contributed by atoms with Crippen LogP contribution in [0.15, 0.2) is 89.0 Å². The van der Waals surface area contributed by atoms with Crippen LogP contribution in [-0.4, -0.2) is 93.3 Å². The number of unbranched alkanes of at least 4 members (excludes halogenated alkanes) is 7. The van der Waals surface area contributed by atoms with Crippen LogP contribution in [0.25, 0.3) is 11.0 Å². The Kier molecular flexibility index (Phi) is 18.4. The first-order valence-corrected chi connectivity index (χ1v) is 30.1. The Bertz CT molecular complexity index is 2780. The Morgan fingerprint density at radius 1 is 0.803 bits per heavy atom. The summed E-state index contributed by atoms with van der Waals surface area (Å²) < 4.78 is 88.2. The molecule has 3 aliphatic rings. The number of carbonyl (C=O) groups excluding carboxylic acids is 1. The monoisotopic (exact) mass is 1060 g/mol. The second kappa shape index (κ2) is 24.6. The molecule has 0 spiro atoms. The van der Waals surface area contributed by atoms with E-state index in [0.29, 0.717) is 46.0 Å². The SMILES string of the molecule is CCCCCCCCCCOc1ccc(C(=O)Oc2ccc(CSP3(=O)OC[C@H]4O[C@@H](n5ccc(=O)[nH]c5=O)[C@H](OP(=O)(SCC)OC[C@@H]5C[C@@H](O3)[C@H](n3ccc6c(N)ncnc63)O5)[C@@H]4OC)cc2)cc1. The maximum atomic E-state index is 15.3. The number of nitrogens with two attached hydrogens (primary N) is 1. The normalized spacial score (nSPS) is 26.8. The van der Waals surface area contributed by atoms with Crippen molar-refractivity contribution in [1.82, 2.24) is 24.1 Å². The Morgan fingerprint density at radius 3 is 2.24 bits per heavy atom. The van der Waals surface area contributed by atoms with E-state index in [2.05, 4.69) is 21.9 Å². The van der Waals surface area contributed by atoms with Crippen molar-refractivity contribution in [2.24, 2.45) is 0 Å². The number of aromatic amines is 1. The van der Waals surface area contributed by atoms with Crippen molar-refractivity contribution in [2.45, 2.75) is 120 Å². The number of rotatable bonds is 20. The highest BCUT2D eigenvalue weighted by Gasteiger charge is 2.53. The first-order chi connectivity index (χ1) is 34.4. The van der Waals surface area contributed by atoms with Gasteiger partial charge >= 0.3 is 25.3 Å². The van der Waals surface area contributed by atoms with Gasteiger partial charge in [-0.1, -0.05) is 70.9 Å². The largest absolute Gasteiger partial charge is 0.494 e. The fourth-order valence-electron chi connectivity index (χ4n) is 8.55. The van der Waals surface area contributed by atoms with E-state index in [0.717, 1.165) is 46.2 Å². The van der Waals surface area contributed by atoms with Crippen LogP contribution in [0, 0.1) is 0 Å². The molecule has 3 aliphatic heterocycles. The molecule has 4 bridgehead atoms. The number of esters is 1. The van der Waals surface area contributed by atoms with Gasteiger partial charge in [-0.15, -0.1) is 0 Å². The molecule has 71 heavy (non-hydrogen) atoms. The maximum Gasteiger partial charge on any atom is 0.389 e. The molecule has 0 saturated carbocycles. The van der Waals surface area contributed by atoms with E-state index < -0.39 is 80.4 Å². The molecule has 20 nitrogen and oxygen atoms in total. The number of aromatic nitrogens is 5. The van der Waals surface area contributed by atoms with Crippen molar-refractivity contribution in [1.29, 1.82) is 0 Å². The smallest absolute Gasteiger partial charge is 0.389 e. The van der Waals surface area contributed by atoms with Crippen LogP contribution in [0.2, 0.25) is 0 Å². The lowest BCUT2D eigenvalue weighted by molar-refractivity contribution is -0.0609. The number of hydrogen-bond acceptors (Lipinski definition) is 19. The van der Waals surface area contributed by atoms with Crippen molar-refractivity contribution >= 4 is 59.2 Å². The Morgan fingerprint density at radius 2 is 1.51 bits per heavy atom. The first-order valence-electron chi connectivity index (χ1n) is 23.8. The van der Waals surface area contributed by atoms with Gasteiger partial charge in [0.15, 0.2) is 12.5 Å². The highest BCUT2D eigenvalue weighted by molar-refractivity contribution is 8.55. The lowest BCUT2D eigenvalue weighted by Crippen LogP contribution is -2.40. The summed E-state index contributed by atoms with van der Waals surface area (Å²) in [7, 11) is 1.38. The standard InChI is InChI=1S/C47H60N6O14P2S2/c1-4-6-7-8-9-10-11-12-25-60-33-19-15-32(16-20-33)46(55)64-34-17-13-31(14-18-34)29-71-68(57)62-28-38-40(59-3)41(45(65-38)53-24-22-39(54)51-47(53)56)67-69(58,70-5-2)61-27-35-26-37(66-68)44(63-35)52-23-21-36-42(48)49-30-50-43(36)52/h13-24,30,35,37-38,40-41,44-45H,4-12,25-29H2,1-3H3,(H2,48,49,50)(H,51,54,56)/t35-,37+,38+,40+,41+,44+,45+,68?,69?/m0/s1. The predicted molar refractivity (Wildman–Crippen MR) is 269 cm³/mol. The zero-order valence-electron chi connectivity index (χ0n) is 39.7. The number of nitrogens with one attached hydrogen (secondary N) is 1. The second-order valence-corrected chi connectivity index (χ2v) is 25.5. The van der Waals surface area contributed by atoms with E-state index in [1.54, 1.807) is 72.3 Å². The zero-order valence-corrected chi connectivity index (χ0v) is 43.2. The number of H-pyrrole nitrogens is 1. The minimum absolute atomic E-state index is 0.115. The Balaban J connectivity index is 0.983. The number of nitrogen functional groups attached to an aromatic ring is 1. The molecule has 8 rings (SSSR count). The van der Waals surface area contributed by atoms with Gasteiger partial charge in [-0.05, 0) is 77.2 Å². The molecule has 2 aromatic carbocycles.